The molecular weight excluding hydrogens is 223 g/mol. The van der Waals surface area contributed by atoms with Crippen LogP contribution in [0, 0.1) is 5.95 Å². The summed E-state index contributed by atoms with van der Waals surface area (Å²) in [6.45, 7) is 4.97. The molecule has 2 rings (SSSR count). The van der Waals surface area contributed by atoms with Crippen LogP contribution in [-0.4, -0.2) is 41.1 Å². The van der Waals surface area contributed by atoms with Crippen LogP contribution in [0.1, 0.15) is 24.2 Å². The maximum Gasteiger partial charge on any atom is 0.255 e. The Kier molecular flexibility index (Phi) is 3.38. The first kappa shape index (κ1) is 12.0. The van der Waals surface area contributed by atoms with Gasteiger partial charge in [0.05, 0.1) is 17.8 Å². The van der Waals surface area contributed by atoms with Gasteiger partial charge >= 0.3 is 0 Å². The van der Waals surface area contributed by atoms with E-state index in [1.54, 1.807) is 4.90 Å². The monoisotopic (exact) mass is 238 g/mol. The number of halogens is 1. The number of hydrogen-bond acceptors (Lipinski definition) is 3. The first-order chi connectivity index (χ1) is 8.06. The van der Waals surface area contributed by atoms with Crippen molar-refractivity contribution in [2.24, 2.45) is 0 Å². The summed E-state index contributed by atoms with van der Waals surface area (Å²) >= 11 is 0. The van der Waals surface area contributed by atoms with Gasteiger partial charge in [-0.25, -0.2) is 4.98 Å². The summed E-state index contributed by atoms with van der Waals surface area (Å²) in [5.41, 5.74) is 0.410. The minimum atomic E-state index is -0.578. The van der Waals surface area contributed by atoms with Gasteiger partial charge in [0, 0.05) is 19.3 Å². The Balaban J connectivity index is 2.11. The van der Waals surface area contributed by atoms with Crippen LogP contribution in [0.25, 0.3) is 0 Å². The Bertz CT molecular complexity index is 397. The molecule has 0 aromatic carbocycles. The Hall–Kier alpha value is -1.49. The van der Waals surface area contributed by atoms with Gasteiger partial charge in [-0.1, -0.05) is 0 Å². The number of morpholine rings is 1. The summed E-state index contributed by atoms with van der Waals surface area (Å²) in [6, 6.07) is 2.65. The second kappa shape index (κ2) is 4.79. The highest BCUT2D eigenvalue weighted by Crippen LogP contribution is 2.13. The Morgan fingerprint density at radius 2 is 2.06 bits per heavy atom. The number of rotatable bonds is 1. The van der Waals surface area contributed by atoms with Crippen LogP contribution in [0.2, 0.25) is 0 Å². The molecule has 0 aliphatic carbocycles. The molecule has 2 unspecified atom stereocenters. The van der Waals surface area contributed by atoms with Gasteiger partial charge in [-0.15, -0.1) is 0 Å². The number of amides is 1. The number of pyridine rings is 1. The first-order valence-electron chi connectivity index (χ1n) is 5.62. The van der Waals surface area contributed by atoms with E-state index in [1.165, 1.54) is 18.3 Å². The van der Waals surface area contributed by atoms with E-state index in [4.69, 9.17) is 4.74 Å². The van der Waals surface area contributed by atoms with Gasteiger partial charge in [-0.3, -0.25) is 4.79 Å². The fourth-order valence-corrected chi connectivity index (χ4v) is 2.03. The number of carbonyl (C=O) groups excluding carboxylic acids is 1. The Labute approximate surface area is 99.4 Å². The standard InChI is InChI=1S/C12H15FN2O2/c1-8-6-15(7-9(2)17-8)12(16)10-3-4-11(13)14-5-10/h3-5,8-9H,6-7H2,1-2H3. The van der Waals surface area contributed by atoms with Crippen molar-refractivity contribution in [2.75, 3.05) is 13.1 Å². The second-order valence-electron chi connectivity index (χ2n) is 4.34. The second-order valence-corrected chi connectivity index (χ2v) is 4.34. The van der Waals surface area contributed by atoms with E-state index in [0.717, 1.165) is 0 Å². The third-order valence-corrected chi connectivity index (χ3v) is 2.68. The fraction of sp³-hybridized carbons (Fsp3) is 0.500. The first-order valence-corrected chi connectivity index (χ1v) is 5.62. The predicted molar refractivity (Wildman–Crippen MR) is 60.1 cm³/mol. The molecule has 2 heterocycles. The van der Waals surface area contributed by atoms with Crippen LogP contribution in [0.3, 0.4) is 0 Å². The Morgan fingerprint density at radius 1 is 1.41 bits per heavy atom. The summed E-state index contributed by atoms with van der Waals surface area (Å²) in [5, 5.41) is 0. The van der Waals surface area contributed by atoms with Crippen molar-refractivity contribution in [1.29, 1.82) is 0 Å². The van der Waals surface area contributed by atoms with Crippen molar-refractivity contribution in [2.45, 2.75) is 26.1 Å². The van der Waals surface area contributed by atoms with Gasteiger partial charge in [0.2, 0.25) is 5.95 Å². The van der Waals surface area contributed by atoms with Gasteiger partial charge in [0.1, 0.15) is 0 Å². The third-order valence-electron chi connectivity index (χ3n) is 2.68. The molecule has 2 atom stereocenters. The summed E-state index contributed by atoms with van der Waals surface area (Å²) in [5.74, 6) is -0.704. The van der Waals surface area contributed by atoms with Crippen molar-refractivity contribution in [3.63, 3.8) is 0 Å². The molecule has 5 heteroatoms. The number of nitrogens with zero attached hydrogens (tertiary/aromatic N) is 2. The molecule has 0 N–H and O–H groups in total. The zero-order valence-electron chi connectivity index (χ0n) is 9.89. The zero-order valence-corrected chi connectivity index (χ0v) is 9.89. The number of aromatic nitrogens is 1. The third kappa shape index (κ3) is 2.79. The molecule has 17 heavy (non-hydrogen) atoms. The van der Waals surface area contributed by atoms with Crippen LogP contribution in [-0.2, 0) is 4.74 Å². The van der Waals surface area contributed by atoms with Crippen molar-refractivity contribution in [1.82, 2.24) is 9.88 Å². The summed E-state index contributed by atoms with van der Waals surface area (Å²) in [6.07, 6.45) is 1.31. The SMILES string of the molecule is CC1CN(C(=O)c2ccc(F)nc2)CC(C)O1. The molecule has 0 saturated carbocycles. The number of hydrogen-bond donors (Lipinski definition) is 0. The number of carbonyl (C=O) groups is 1. The molecule has 1 saturated heterocycles. The summed E-state index contributed by atoms with van der Waals surface area (Å²) < 4.78 is 18.2. The van der Waals surface area contributed by atoms with Crippen molar-refractivity contribution in [3.8, 4) is 0 Å². The maximum absolute atomic E-state index is 12.7. The molecule has 1 fully saturated rings. The van der Waals surface area contributed by atoms with Crippen LogP contribution in [0.15, 0.2) is 18.3 Å². The van der Waals surface area contributed by atoms with E-state index < -0.39 is 5.95 Å². The normalized spacial score (nSPS) is 24.8. The number of ether oxygens (including phenoxy) is 1. The zero-order chi connectivity index (χ0) is 12.4. The molecule has 0 bridgehead atoms. The highest BCUT2D eigenvalue weighted by molar-refractivity contribution is 5.94. The lowest BCUT2D eigenvalue weighted by atomic mass is 10.2. The van der Waals surface area contributed by atoms with Gasteiger partial charge in [-0.05, 0) is 26.0 Å². The molecule has 1 amide bonds. The lowest BCUT2D eigenvalue weighted by Gasteiger charge is -2.35. The Morgan fingerprint density at radius 3 is 2.59 bits per heavy atom. The minimum Gasteiger partial charge on any atom is -0.372 e. The molecule has 0 radical (unpaired) electrons. The molecule has 0 spiro atoms. The molecule has 1 aliphatic heterocycles. The fourth-order valence-electron chi connectivity index (χ4n) is 2.03. The minimum absolute atomic E-state index is 0.0242. The average Bonchev–Trinajstić information content (AvgIpc) is 2.28. The smallest absolute Gasteiger partial charge is 0.255 e. The van der Waals surface area contributed by atoms with E-state index in [2.05, 4.69) is 4.98 Å². The van der Waals surface area contributed by atoms with Crippen LogP contribution < -0.4 is 0 Å². The largest absolute Gasteiger partial charge is 0.372 e. The van der Waals surface area contributed by atoms with Crippen molar-refractivity contribution < 1.29 is 13.9 Å². The van der Waals surface area contributed by atoms with Crippen LogP contribution >= 0.6 is 0 Å². The van der Waals surface area contributed by atoms with E-state index in [9.17, 15) is 9.18 Å². The van der Waals surface area contributed by atoms with E-state index in [0.29, 0.717) is 18.7 Å². The average molecular weight is 238 g/mol. The van der Waals surface area contributed by atoms with Crippen LogP contribution in [0.5, 0.6) is 0 Å². The summed E-state index contributed by atoms with van der Waals surface area (Å²) in [7, 11) is 0. The van der Waals surface area contributed by atoms with Crippen molar-refractivity contribution >= 4 is 5.91 Å². The van der Waals surface area contributed by atoms with E-state index in [-0.39, 0.29) is 18.1 Å². The van der Waals surface area contributed by atoms with Crippen molar-refractivity contribution in [3.05, 3.63) is 29.8 Å². The molecule has 1 aromatic rings. The molecule has 1 aliphatic rings. The van der Waals surface area contributed by atoms with Gasteiger partial charge in [0.25, 0.3) is 5.91 Å². The summed E-state index contributed by atoms with van der Waals surface area (Å²) in [4.78, 5) is 17.3. The van der Waals surface area contributed by atoms with Gasteiger partial charge in [0.15, 0.2) is 0 Å². The van der Waals surface area contributed by atoms with Gasteiger partial charge in [-0.2, -0.15) is 4.39 Å². The lowest BCUT2D eigenvalue weighted by molar-refractivity contribution is -0.0586. The quantitative estimate of drug-likeness (QED) is 0.696. The molecule has 1 aromatic heterocycles. The predicted octanol–water partition coefficient (Wildman–Crippen LogP) is 1.47. The maximum atomic E-state index is 12.7. The highest BCUT2D eigenvalue weighted by atomic mass is 19.1. The molecular formula is C12H15FN2O2. The molecule has 4 nitrogen and oxygen atoms in total. The van der Waals surface area contributed by atoms with Crippen LogP contribution in [0.4, 0.5) is 4.39 Å². The molecule has 92 valence electrons. The highest BCUT2D eigenvalue weighted by Gasteiger charge is 2.26. The lowest BCUT2D eigenvalue weighted by Crippen LogP contribution is -2.48. The van der Waals surface area contributed by atoms with E-state index in [1.807, 2.05) is 13.8 Å². The van der Waals surface area contributed by atoms with E-state index >= 15 is 0 Å². The van der Waals surface area contributed by atoms with Gasteiger partial charge < -0.3 is 9.64 Å². The topological polar surface area (TPSA) is 42.4 Å².